The van der Waals surface area contributed by atoms with Crippen molar-refractivity contribution in [1.82, 2.24) is 25.6 Å². The van der Waals surface area contributed by atoms with E-state index in [9.17, 15) is 9.59 Å². The maximum absolute atomic E-state index is 12.9. The number of carbonyl (C=O) groups is 2. The summed E-state index contributed by atoms with van der Waals surface area (Å²) in [5.41, 5.74) is 3.07. The molecule has 10 nitrogen and oxygen atoms in total. The lowest BCUT2D eigenvalue weighted by molar-refractivity contribution is 0.0939. The van der Waals surface area contributed by atoms with Crippen LogP contribution in [0.25, 0.3) is 5.69 Å². The van der Waals surface area contributed by atoms with Gasteiger partial charge in [0, 0.05) is 43.0 Å². The van der Waals surface area contributed by atoms with Gasteiger partial charge in [-0.3, -0.25) is 9.59 Å². The van der Waals surface area contributed by atoms with Crippen molar-refractivity contribution in [1.29, 1.82) is 0 Å². The van der Waals surface area contributed by atoms with Crippen molar-refractivity contribution in [3.05, 3.63) is 65.5 Å². The van der Waals surface area contributed by atoms with Crippen molar-refractivity contribution < 1.29 is 19.1 Å². The number of aromatic nitrogens is 3. The zero-order valence-electron chi connectivity index (χ0n) is 20.3. The highest BCUT2D eigenvalue weighted by Crippen LogP contribution is 2.25. The number of nitrogens with zero attached hydrogens (tertiary/aromatic N) is 4. The second kappa shape index (κ2) is 10.8. The Hall–Kier alpha value is -3.92. The molecule has 10 heteroatoms. The van der Waals surface area contributed by atoms with Gasteiger partial charge in [0.15, 0.2) is 5.69 Å². The van der Waals surface area contributed by atoms with Crippen LogP contribution in [0.5, 0.6) is 5.75 Å². The van der Waals surface area contributed by atoms with E-state index in [2.05, 4.69) is 31.9 Å². The molecule has 188 valence electrons. The van der Waals surface area contributed by atoms with Gasteiger partial charge in [0.1, 0.15) is 18.1 Å². The molecule has 0 spiro atoms. The van der Waals surface area contributed by atoms with Gasteiger partial charge in [0.25, 0.3) is 11.8 Å². The van der Waals surface area contributed by atoms with Crippen molar-refractivity contribution in [3.8, 4) is 11.4 Å². The fourth-order valence-electron chi connectivity index (χ4n) is 4.06. The Morgan fingerprint density at radius 1 is 1.06 bits per heavy atom. The molecular weight excluding hydrogens is 460 g/mol. The molecule has 2 amide bonds. The van der Waals surface area contributed by atoms with Crippen molar-refractivity contribution in [2.45, 2.75) is 32.4 Å². The average molecular weight is 491 g/mol. The third-order valence-corrected chi connectivity index (χ3v) is 6.17. The Morgan fingerprint density at radius 2 is 1.83 bits per heavy atom. The summed E-state index contributed by atoms with van der Waals surface area (Å²) in [6.07, 6.45) is 1.95. The minimum absolute atomic E-state index is 0.102. The summed E-state index contributed by atoms with van der Waals surface area (Å²) in [7, 11) is 0. The fourth-order valence-corrected chi connectivity index (χ4v) is 4.06. The number of hydrogen-bond donors (Lipinski definition) is 2. The third kappa shape index (κ3) is 5.49. The largest absolute Gasteiger partial charge is 0.487 e. The molecule has 5 rings (SSSR count). The van der Waals surface area contributed by atoms with Gasteiger partial charge in [0.2, 0.25) is 0 Å². The molecule has 1 aliphatic carbocycles. The summed E-state index contributed by atoms with van der Waals surface area (Å²) in [6, 6.07) is 15.1. The molecule has 2 heterocycles. The van der Waals surface area contributed by atoms with Crippen molar-refractivity contribution in [3.63, 3.8) is 0 Å². The Morgan fingerprint density at radius 3 is 2.56 bits per heavy atom. The predicted octanol–water partition coefficient (Wildman–Crippen LogP) is 2.32. The third-order valence-electron chi connectivity index (χ3n) is 6.17. The molecule has 2 aliphatic rings. The second-order valence-electron chi connectivity index (χ2n) is 8.84. The normalized spacial score (nSPS) is 15.4. The number of carbonyl (C=O) groups excluding carboxylic acids is 2. The van der Waals surface area contributed by atoms with E-state index in [0.29, 0.717) is 42.5 Å². The minimum Gasteiger partial charge on any atom is -0.487 e. The molecule has 0 bridgehead atoms. The molecule has 2 N–H and O–H groups in total. The highest BCUT2D eigenvalue weighted by Gasteiger charge is 2.28. The molecule has 1 aromatic heterocycles. The smallest absolute Gasteiger partial charge is 0.274 e. The van der Waals surface area contributed by atoms with Crippen molar-refractivity contribution in [2.75, 3.05) is 37.7 Å². The molecule has 1 aliphatic heterocycles. The van der Waals surface area contributed by atoms with Gasteiger partial charge in [-0.2, -0.15) is 0 Å². The first-order valence-electron chi connectivity index (χ1n) is 12.3. The maximum atomic E-state index is 12.9. The number of anilines is 1. The monoisotopic (exact) mass is 490 g/mol. The summed E-state index contributed by atoms with van der Waals surface area (Å²) in [5, 5.41) is 14.2. The topological polar surface area (TPSA) is 111 Å². The van der Waals surface area contributed by atoms with E-state index in [1.165, 1.54) is 0 Å². The quantitative estimate of drug-likeness (QED) is 0.474. The van der Waals surface area contributed by atoms with E-state index in [4.69, 9.17) is 9.47 Å². The van der Waals surface area contributed by atoms with E-state index in [-0.39, 0.29) is 30.2 Å². The number of nitrogens with one attached hydrogen (secondary N) is 2. The van der Waals surface area contributed by atoms with E-state index < -0.39 is 0 Å². The Labute approximate surface area is 209 Å². The number of ether oxygens (including phenoxy) is 2. The van der Waals surface area contributed by atoms with Gasteiger partial charge in [-0.25, -0.2) is 4.68 Å². The zero-order chi connectivity index (χ0) is 24.9. The Balaban J connectivity index is 1.38. The zero-order valence-corrected chi connectivity index (χ0v) is 20.3. The standard InChI is InChI=1S/C26H30N6O4/c1-2-27-25(33)18-6-10-20(11-7-18)32-23(24(29-30-32)26(34)28-19-8-9-19)17-36-22-5-3-4-21(16-22)31-12-14-35-15-13-31/h3-7,10-11,16,19H,2,8-9,12-15,17H2,1H3,(H,27,33)(H,28,34). The molecule has 0 atom stereocenters. The van der Waals surface area contributed by atoms with Crippen LogP contribution in [0, 0.1) is 0 Å². The van der Waals surface area contributed by atoms with Crippen LogP contribution < -0.4 is 20.3 Å². The Bertz CT molecular complexity index is 1220. The molecule has 1 saturated carbocycles. The van der Waals surface area contributed by atoms with Gasteiger partial charge in [-0.05, 0) is 56.2 Å². The summed E-state index contributed by atoms with van der Waals surface area (Å²) < 4.78 is 13.2. The summed E-state index contributed by atoms with van der Waals surface area (Å²) in [6.45, 7) is 5.60. The summed E-state index contributed by atoms with van der Waals surface area (Å²) >= 11 is 0. The number of hydrogen-bond acceptors (Lipinski definition) is 7. The lowest BCUT2D eigenvalue weighted by atomic mass is 10.2. The second-order valence-corrected chi connectivity index (χ2v) is 8.84. The van der Waals surface area contributed by atoms with Crippen molar-refractivity contribution in [2.24, 2.45) is 0 Å². The summed E-state index contributed by atoms with van der Waals surface area (Å²) in [4.78, 5) is 27.3. The molecule has 36 heavy (non-hydrogen) atoms. The van der Waals surface area contributed by atoms with Crippen LogP contribution in [0.2, 0.25) is 0 Å². The van der Waals surface area contributed by atoms with Crippen LogP contribution in [0.3, 0.4) is 0 Å². The molecule has 2 fully saturated rings. The lowest BCUT2D eigenvalue weighted by Crippen LogP contribution is -2.36. The van der Waals surface area contributed by atoms with Gasteiger partial charge in [-0.15, -0.1) is 5.10 Å². The van der Waals surface area contributed by atoms with E-state index in [1.54, 1.807) is 28.9 Å². The first kappa shape index (κ1) is 23.8. The van der Waals surface area contributed by atoms with Gasteiger partial charge in [0.05, 0.1) is 18.9 Å². The van der Waals surface area contributed by atoms with Crippen molar-refractivity contribution >= 4 is 17.5 Å². The van der Waals surface area contributed by atoms with Crippen LogP contribution in [0.15, 0.2) is 48.5 Å². The highest BCUT2D eigenvalue weighted by molar-refractivity contribution is 5.94. The van der Waals surface area contributed by atoms with E-state index in [0.717, 1.165) is 31.6 Å². The minimum atomic E-state index is -0.261. The molecule has 3 aromatic rings. The average Bonchev–Trinajstić information content (AvgIpc) is 3.63. The summed E-state index contributed by atoms with van der Waals surface area (Å²) in [5.74, 6) is 0.283. The Kier molecular flexibility index (Phi) is 7.13. The fraction of sp³-hybridized carbons (Fsp3) is 0.385. The highest BCUT2D eigenvalue weighted by atomic mass is 16.5. The van der Waals surface area contributed by atoms with Gasteiger partial charge < -0.3 is 25.0 Å². The first-order chi connectivity index (χ1) is 17.6. The molecule has 0 radical (unpaired) electrons. The van der Waals surface area contributed by atoms with E-state index >= 15 is 0 Å². The molecule has 1 saturated heterocycles. The molecule has 0 unspecified atom stereocenters. The van der Waals surface area contributed by atoms with Crippen LogP contribution in [0.4, 0.5) is 5.69 Å². The predicted molar refractivity (Wildman–Crippen MR) is 134 cm³/mol. The van der Waals surface area contributed by atoms with Crippen LogP contribution >= 0.6 is 0 Å². The number of amides is 2. The molecular formula is C26H30N6O4. The van der Waals surface area contributed by atoms with Crippen LogP contribution in [-0.2, 0) is 11.3 Å². The SMILES string of the molecule is CCNC(=O)c1ccc(-n2nnc(C(=O)NC3CC3)c2COc2cccc(N3CCOCC3)c2)cc1. The van der Waals surface area contributed by atoms with Crippen LogP contribution in [-0.4, -0.2) is 65.7 Å². The molecule has 2 aromatic carbocycles. The van der Waals surface area contributed by atoms with E-state index in [1.807, 2.05) is 25.1 Å². The lowest BCUT2D eigenvalue weighted by Gasteiger charge is -2.29. The number of morpholine rings is 1. The van der Waals surface area contributed by atoms with Gasteiger partial charge in [-0.1, -0.05) is 11.3 Å². The maximum Gasteiger partial charge on any atom is 0.274 e. The van der Waals surface area contributed by atoms with Gasteiger partial charge >= 0.3 is 0 Å². The number of benzene rings is 2. The van der Waals surface area contributed by atoms with Crippen LogP contribution in [0.1, 0.15) is 46.3 Å². The number of rotatable bonds is 9. The first-order valence-corrected chi connectivity index (χ1v) is 12.3.